The molecule has 0 spiro atoms. The third-order valence-corrected chi connectivity index (χ3v) is 5.68. The Hall–Kier alpha value is -1.47. The molecule has 6 nitrogen and oxygen atoms in total. The summed E-state index contributed by atoms with van der Waals surface area (Å²) in [6.07, 6.45) is 4.17. The van der Waals surface area contributed by atoms with Crippen molar-refractivity contribution in [2.24, 2.45) is 0 Å². The number of hydrogen-bond acceptors (Lipinski definition) is 6. The van der Waals surface area contributed by atoms with Crippen LogP contribution in [-0.4, -0.2) is 63.4 Å². The first-order chi connectivity index (χ1) is 12.7. The van der Waals surface area contributed by atoms with Crippen molar-refractivity contribution in [2.75, 3.05) is 26.2 Å². The summed E-state index contributed by atoms with van der Waals surface area (Å²) < 4.78 is 5.43. The molecular formula is C19H25ClN4O2. The van der Waals surface area contributed by atoms with Crippen molar-refractivity contribution in [3.05, 3.63) is 35.2 Å². The van der Waals surface area contributed by atoms with Crippen molar-refractivity contribution in [3.8, 4) is 11.4 Å². The van der Waals surface area contributed by atoms with Crippen molar-refractivity contribution in [1.82, 2.24) is 19.9 Å². The summed E-state index contributed by atoms with van der Waals surface area (Å²) in [5, 5.41) is 14.7. The molecule has 0 radical (unpaired) electrons. The number of aliphatic hydroxyl groups is 1. The van der Waals surface area contributed by atoms with Gasteiger partial charge < -0.3 is 9.63 Å². The molecule has 0 saturated carbocycles. The molecule has 1 aromatic carbocycles. The predicted octanol–water partition coefficient (Wildman–Crippen LogP) is 2.81. The number of benzene rings is 1. The SMILES string of the molecule is OC1CCCN(C2CCN(Cc3nc(-c4ccc(Cl)cc4)no3)CC2)C1. The Balaban J connectivity index is 1.30. The van der Waals surface area contributed by atoms with E-state index in [1.807, 2.05) is 24.3 Å². The van der Waals surface area contributed by atoms with Gasteiger partial charge in [-0.3, -0.25) is 9.80 Å². The van der Waals surface area contributed by atoms with Crippen LogP contribution in [0.2, 0.25) is 5.02 Å². The first-order valence-corrected chi connectivity index (χ1v) is 9.78. The van der Waals surface area contributed by atoms with Gasteiger partial charge in [-0.05, 0) is 56.5 Å². The predicted molar refractivity (Wildman–Crippen MR) is 99.9 cm³/mol. The van der Waals surface area contributed by atoms with E-state index in [4.69, 9.17) is 16.1 Å². The first-order valence-electron chi connectivity index (χ1n) is 9.40. The maximum absolute atomic E-state index is 9.88. The minimum absolute atomic E-state index is 0.147. The van der Waals surface area contributed by atoms with E-state index in [0.717, 1.165) is 57.4 Å². The van der Waals surface area contributed by atoms with Crippen LogP contribution in [-0.2, 0) is 6.54 Å². The zero-order chi connectivity index (χ0) is 17.9. The molecule has 2 aliphatic rings. The molecule has 2 aliphatic heterocycles. The maximum Gasteiger partial charge on any atom is 0.241 e. The third-order valence-electron chi connectivity index (χ3n) is 5.43. The molecule has 1 N–H and O–H groups in total. The Morgan fingerprint density at radius 2 is 1.88 bits per heavy atom. The number of halogens is 1. The van der Waals surface area contributed by atoms with Crippen LogP contribution in [0, 0.1) is 0 Å². The fourth-order valence-electron chi connectivity index (χ4n) is 3.98. The lowest BCUT2D eigenvalue weighted by molar-refractivity contribution is 0.0231. The van der Waals surface area contributed by atoms with Crippen LogP contribution in [0.1, 0.15) is 31.6 Å². The van der Waals surface area contributed by atoms with Gasteiger partial charge in [0, 0.05) is 36.3 Å². The fraction of sp³-hybridized carbons (Fsp3) is 0.579. The lowest BCUT2D eigenvalue weighted by Gasteiger charge is -2.41. The number of nitrogens with zero attached hydrogens (tertiary/aromatic N) is 4. The number of rotatable bonds is 4. The first kappa shape index (κ1) is 17.9. The van der Waals surface area contributed by atoms with Crippen LogP contribution >= 0.6 is 11.6 Å². The minimum atomic E-state index is -0.147. The topological polar surface area (TPSA) is 65.6 Å². The van der Waals surface area contributed by atoms with Crippen molar-refractivity contribution in [2.45, 2.75) is 44.4 Å². The van der Waals surface area contributed by atoms with Gasteiger partial charge in [-0.25, -0.2) is 0 Å². The van der Waals surface area contributed by atoms with E-state index in [1.165, 1.54) is 0 Å². The molecule has 0 amide bonds. The monoisotopic (exact) mass is 376 g/mol. The molecule has 26 heavy (non-hydrogen) atoms. The molecule has 140 valence electrons. The van der Waals surface area contributed by atoms with Gasteiger partial charge in [0.05, 0.1) is 12.6 Å². The zero-order valence-electron chi connectivity index (χ0n) is 14.9. The number of hydrogen-bond donors (Lipinski definition) is 1. The highest BCUT2D eigenvalue weighted by Gasteiger charge is 2.28. The van der Waals surface area contributed by atoms with Crippen LogP contribution < -0.4 is 0 Å². The minimum Gasteiger partial charge on any atom is -0.392 e. The van der Waals surface area contributed by atoms with Gasteiger partial charge in [-0.1, -0.05) is 16.8 Å². The number of likely N-dealkylation sites (tertiary alicyclic amines) is 2. The quantitative estimate of drug-likeness (QED) is 0.885. The fourth-order valence-corrected chi connectivity index (χ4v) is 4.11. The average molecular weight is 377 g/mol. The van der Waals surface area contributed by atoms with E-state index in [-0.39, 0.29) is 6.10 Å². The second-order valence-corrected chi connectivity index (χ2v) is 7.75. The van der Waals surface area contributed by atoms with Gasteiger partial charge >= 0.3 is 0 Å². The summed E-state index contributed by atoms with van der Waals surface area (Å²) in [5.41, 5.74) is 0.909. The highest BCUT2D eigenvalue weighted by Crippen LogP contribution is 2.23. The Labute approximate surface area is 158 Å². The van der Waals surface area contributed by atoms with E-state index >= 15 is 0 Å². The van der Waals surface area contributed by atoms with Crippen LogP contribution in [0.25, 0.3) is 11.4 Å². The zero-order valence-corrected chi connectivity index (χ0v) is 15.6. The Bertz CT molecular complexity index is 713. The third kappa shape index (κ3) is 4.26. The van der Waals surface area contributed by atoms with Crippen LogP contribution in [0.4, 0.5) is 0 Å². The van der Waals surface area contributed by atoms with Gasteiger partial charge in [0.1, 0.15) is 0 Å². The van der Waals surface area contributed by atoms with E-state index in [0.29, 0.717) is 29.3 Å². The maximum atomic E-state index is 9.88. The largest absolute Gasteiger partial charge is 0.392 e. The van der Waals surface area contributed by atoms with Crippen LogP contribution in [0.15, 0.2) is 28.8 Å². The summed E-state index contributed by atoms with van der Waals surface area (Å²) in [5.74, 6) is 1.26. The highest BCUT2D eigenvalue weighted by molar-refractivity contribution is 6.30. The van der Waals surface area contributed by atoms with Gasteiger partial charge in [0.2, 0.25) is 11.7 Å². The van der Waals surface area contributed by atoms with Crippen LogP contribution in [0.3, 0.4) is 0 Å². The van der Waals surface area contributed by atoms with Crippen molar-refractivity contribution in [3.63, 3.8) is 0 Å². The van der Waals surface area contributed by atoms with Crippen LogP contribution in [0.5, 0.6) is 0 Å². The molecule has 3 heterocycles. The van der Waals surface area contributed by atoms with E-state index in [2.05, 4.69) is 19.9 Å². The van der Waals surface area contributed by atoms with Gasteiger partial charge in [-0.2, -0.15) is 4.98 Å². The summed E-state index contributed by atoms with van der Waals surface area (Å²) in [6.45, 7) is 4.69. The molecule has 2 aromatic rings. The van der Waals surface area contributed by atoms with E-state index < -0.39 is 0 Å². The van der Waals surface area contributed by atoms with Gasteiger partial charge in [0.25, 0.3) is 0 Å². The molecule has 0 bridgehead atoms. The van der Waals surface area contributed by atoms with Gasteiger partial charge in [-0.15, -0.1) is 0 Å². The highest BCUT2D eigenvalue weighted by atomic mass is 35.5. The number of aromatic nitrogens is 2. The van der Waals surface area contributed by atoms with E-state index in [9.17, 15) is 5.11 Å². The molecule has 2 fully saturated rings. The molecule has 4 rings (SSSR count). The normalized spacial score (nSPS) is 23.4. The lowest BCUT2D eigenvalue weighted by Crippen LogP contribution is -2.49. The molecule has 1 unspecified atom stereocenters. The summed E-state index contributed by atoms with van der Waals surface area (Å²) in [7, 11) is 0. The summed E-state index contributed by atoms with van der Waals surface area (Å²) >= 11 is 5.92. The second kappa shape index (κ2) is 8.05. The summed E-state index contributed by atoms with van der Waals surface area (Å²) in [6, 6.07) is 8.05. The van der Waals surface area contributed by atoms with Crippen molar-refractivity contribution >= 4 is 11.6 Å². The number of aliphatic hydroxyl groups excluding tert-OH is 1. The summed E-state index contributed by atoms with van der Waals surface area (Å²) in [4.78, 5) is 9.36. The Morgan fingerprint density at radius 3 is 2.62 bits per heavy atom. The van der Waals surface area contributed by atoms with E-state index in [1.54, 1.807) is 0 Å². The average Bonchev–Trinajstić information content (AvgIpc) is 3.11. The Kier molecular flexibility index (Phi) is 5.55. The second-order valence-electron chi connectivity index (χ2n) is 7.32. The molecule has 7 heteroatoms. The van der Waals surface area contributed by atoms with Crippen molar-refractivity contribution in [1.29, 1.82) is 0 Å². The number of β-amino-alcohol motifs (C(OH)–C–C–N with tert-alkyl or cyclic N) is 1. The van der Waals surface area contributed by atoms with Crippen molar-refractivity contribution < 1.29 is 9.63 Å². The molecule has 2 saturated heterocycles. The molecular weight excluding hydrogens is 352 g/mol. The smallest absolute Gasteiger partial charge is 0.241 e. The number of piperidine rings is 2. The lowest BCUT2D eigenvalue weighted by atomic mass is 9.99. The Morgan fingerprint density at radius 1 is 1.12 bits per heavy atom. The molecule has 1 atom stereocenters. The standard InChI is InChI=1S/C19H25ClN4O2/c20-15-5-3-14(4-6-15)19-21-18(26-22-19)13-23-10-7-16(8-11-23)24-9-1-2-17(25)12-24/h3-6,16-17,25H,1-2,7-13H2. The molecule has 1 aromatic heterocycles. The van der Waals surface area contributed by atoms with Gasteiger partial charge in [0.15, 0.2) is 0 Å². The molecule has 0 aliphatic carbocycles.